The van der Waals surface area contributed by atoms with Gasteiger partial charge in [0.25, 0.3) is 0 Å². The summed E-state index contributed by atoms with van der Waals surface area (Å²) in [5.41, 5.74) is -0.209. The van der Waals surface area contributed by atoms with Crippen molar-refractivity contribution in [2.24, 2.45) is 11.3 Å². The number of hydrogen-bond donors (Lipinski definition) is 1. The van der Waals surface area contributed by atoms with Crippen LogP contribution in [0.15, 0.2) is 0 Å². The quantitative estimate of drug-likeness (QED) is 0.541. The highest BCUT2D eigenvalue weighted by Gasteiger charge is 2.48. The third-order valence-electron chi connectivity index (χ3n) is 3.22. The third kappa shape index (κ3) is 1.25. The molecule has 1 N–H and O–H groups in total. The first kappa shape index (κ1) is 8.69. The Morgan fingerprint density at radius 2 is 2.31 bits per heavy atom. The standard InChI is InChI=1S/C9H13NO3/c1-6-8(12)10-7(11)4-9(6)2-3-13-5-9/h6H,2-5H2,1H3,(H,10,11,12). The van der Waals surface area contributed by atoms with Gasteiger partial charge in [-0.2, -0.15) is 0 Å². The van der Waals surface area contributed by atoms with Crippen molar-refractivity contribution in [2.45, 2.75) is 19.8 Å². The van der Waals surface area contributed by atoms with E-state index in [0.717, 1.165) is 6.42 Å². The number of piperidine rings is 1. The zero-order valence-electron chi connectivity index (χ0n) is 7.63. The van der Waals surface area contributed by atoms with Crippen molar-refractivity contribution in [3.05, 3.63) is 0 Å². The maximum absolute atomic E-state index is 11.4. The van der Waals surface area contributed by atoms with Gasteiger partial charge in [-0.3, -0.25) is 14.9 Å². The van der Waals surface area contributed by atoms with Crippen LogP contribution >= 0.6 is 0 Å². The summed E-state index contributed by atoms with van der Waals surface area (Å²) >= 11 is 0. The lowest BCUT2D eigenvalue weighted by atomic mass is 9.70. The van der Waals surface area contributed by atoms with Crippen molar-refractivity contribution in [2.75, 3.05) is 13.2 Å². The summed E-state index contributed by atoms with van der Waals surface area (Å²) in [6.45, 7) is 3.09. The van der Waals surface area contributed by atoms with Crippen LogP contribution in [0.3, 0.4) is 0 Å². The number of imide groups is 1. The van der Waals surface area contributed by atoms with Crippen LogP contribution in [0.1, 0.15) is 19.8 Å². The van der Waals surface area contributed by atoms with Crippen LogP contribution in [0, 0.1) is 11.3 Å². The Labute approximate surface area is 76.6 Å². The molecule has 2 heterocycles. The molecule has 0 aliphatic carbocycles. The second kappa shape index (κ2) is 2.80. The van der Waals surface area contributed by atoms with Gasteiger partial charge in [-0.15, -0.1) is 0 Å². The predicted octanol–water partition coefficient (Wildman–Crippen LogP) is 0.0757. The maximum Gasteiger partial charge on any atom is 0.230 e. The summed E-state index contributed by atoms with van der Waals surface area (Å²) in [4.78, 5) is 22.6. The fraction of sp³-hybridized carbons (Fsp3) is 0.778. The van der Waals surface area contributed by atoms with Crippen LogP contribution in [-0.2, 0) is 14.3 Å². The van der Waals surface area contributed by atoms with Crippen LogP contribution in [0.4, 0.5) is 0 Å². The van der Waals surface area contributed by atoms with Crippen LogP contribution in [-0.4, -0.2) is 25.0 Å². The van der Waals surface area contributed by atoms with Gasteiger partial charge in [0.15, 0.2) is 0 Å². The average Bonchev–Trinajstić information content (AvgIpc) is 2.50. The Hall–Kier alpha value is -0.900. The number of hydrogen-bond acceptors (Lipinski definition) is 3. The van der Waals surface area contributed by atoms with Gasteiger partial charge < -0.3 is 4.74 Å². The minimum absolute atomic E-state index is 0.104. The molecule has 72 valence electrons. The lowest BCUT2D eigenvalue weighted by Crippen LogP contribution is -2.51. The molecule has 4 heteroatoms. The summed E-state index contributed by atoms with van der Waals surface area (Å²) in [5.74, 6) is -0.414. The van der Waals surface area contributed by atoms with Gasteiger partial charge in [0.05, 0.1) is 6.61 Å². The molecule has 0 saturated carbocycles. The Balaban J connectivity index is 2.25. The van der Waals surface area contributed by atoms with Crippen LogP contribution < -0.4 is 5.32 Å². The number of rotatable bonds is 0. The third-order valence-corrected chi connectivity index (χ3v) is 3.22. The summed E-state index contributed by atoms with van der Waals surface area (Å²) in [6, 6.07) is 0. The predicted molar refractivity (Wildman–Crippen MR) is 44.8 cm³/mol. The van der Waals surface area contributed by atoms with E-state index < -0.39 is 0 Å². The average molecular weight is 183 g/mol. The monoisotopic (exact) mass is 183 g/mol. The van der Waals surface area contributed by atoms with E-state index in [2.05, 4.69) is 5.32 Å². The van der Waals surface area contributed by atoms with Crippen molar-refractivity contribution in [1.82, 2.24) is 5.32 Å². The van der Waals surface area contributed by atoms with E-state index in [1.807, 2.05) is 6.92 Å². The summed E-state index contributed by atoms with van der Waals surface area (Å²) < 4.78 is 5.27. The number of carbonyl (C=O) groups is 2. The minimum atomic E-state index is -0.209. The highest BCUT2D eigenvalue weighted by molar-refractivity contribution is 5.99. The summed E-state index contributed by atoms with van der Waals surface area (Å²) in [6.07, 6.45) is 1.26. The molecule has 0 aromatic heterocycles. The van der Waals surface area contributed by atoms with E-state index in [-0.39, 0.29) is 23.1 Å². The molecule has 2 saturated heterocycles. The first-order valence-corrected chi connectivity index (χ1v) is 4.55. The van der Waals surface area contributed by atoms with E-state index in [1.54, 1.807) is 0 Å². The lowest BCUT2D eigenvalue weighted by molar-refractivity contribution is -0.143. The van der Waals surface area contributed by atoms with Gasteiger partial charge in [-0.25, -0.2) is 0 Å². The molecule has 2 atom stereocenters. The molecule has 13 heavy (non-hydrogen) atoms. The zero-order chi connectivity index (χ0) is 9.47. The van der Waals surface area contributed by atoms with E-state index in [1.165, 1.54) is 0 Å². The lowest BCUT2D eigenvalue weighted by Gasteiger charge is -2.36. The molecule has 2 aliphatic heterocycles. The van der Waals surface area contributed by atoms with Crippen molar-refractivity contribution < 1.29 is 14.3 Å². The molecule has 2 aliphatic rings. The highest BCUT2D eigenvalue weighted by atomic mass is 16.5. The largest absolute Gasteiger partial charge is 0.381 e. The summed E-state index contributed by atoms with van der Waals surface area (Å²) in [5, 5.41) is 2.35. The molecule has 1 spiro atoms. The minimum Gasteiger partial charge on any atom is -0.381 e. The Morgan fingerprint density at radius 3 is 2.92 bits per heavy atom. The van der Waals surface area contributed by atoms with E-state index >= 15 is 0 Å². The smallest absolute Gasteiger partial charge is 0.230 e. The van der Waals surface area contributed by atoms with Gasteiger partial charge >= 0.3 is 0 Å². The molecule has 0 radical (unpaired) electrons. The first-order chi connectivity index (χ1) is 6.14. The van der Waals surface area contributed by atoms with Gasteiger partial charge in [0.2, 0.25) is 11.8 Å². The zero-order valence-corrected chi connectivity index (χ0v) is 7.63. The fourth-order valence-electron chi connectivity index (χ4n) is 2.14. The van der Waals surface area contributed by atoms with Gasteiger partial charge in [-0.05, 0) is 6.42 Å². The van der Waals surface area contributed by atoms with E-state index in [0.29, 0.717) is 19.6 Å². The molecule has 2 rings (SSSR count). The molecule has 0 aromatic rings. The number of ether oxygens (including phenoxy) is 1. The second-order valence-corrected chi connectivity index (χ2v) is 3.98. The number of carbonyl (C=O) groups excluding carboxylic acids is 2. The summed E-state index contributed by atoms with van der Waals surface area (Å²) in [7, 11) is 0. The molecule has 2 fully saturated rings. The van der Waals surface area contributed by atoms with Gasteiger partial charge in [0, 0.05) is 24.4 Å². The van der Waals surface area contributed by atoms with Crippen LogP contribution in [0.5, 0.6) is 0 Å². The molecule has 2 amide bonds. The Bertz CT molecular complexity index is 256. The maximum atomic E-state index is 11.4. The van der Waals surface area contributed by atoms with Crippen molar-refractivity contribution in [1.29, 1.82) is 0 Å². The van der Waals surface area contributed by atoms with Crippen molar-refractivity contribution >= 4 is 11.8 Å². The van der Waals surface area contributed by atoms with Gasteiger partial charge in [-0.1, -0.05) is 6.92 Å². The normalized spacial score (nSPS) is 39.6. The van der Waals surface area contributed by atoms with E-state index in [9.17, 15) is 9.59 Å². The molecule has 4 nitrogen and oxygen atoms in total. The fourth-order valence-corrected chi connectivity index (χ4v) is 2.14. The van der Waals surface area contributed by atoms with Crippen molar-refractivity contribution in [3.8, 4) is 0 Å². The molecule has 0 aromatic carbocycles. The molecular formula is C9H13NO3. The second-order valence-electron chi connectivity index (χ2n) is 3.98. The Morgan fingerprint density at radius 1 is 1.54 bits per heavy atom. The number of amides is 2. The first-order valence-electron chi connectivity index (χ1n) is 4.55. The van der Waals surface area contributed by atoms with Gasteiger partial charge in [0.1, 0.15) is 0 Å². The number of nitrogens with one attached hydrogen (secondary N) is 1. The van der Waals surface area contributed by atoms with Crippen molar-refractivity contribution in [3.63, 3.8) is 0 Å². The van der Waals surface area contributed by atoms with Crippen LogP contribution in [0.25, 0.3) is 0 Å². The topological polar surface area (TPSA) is 55.4 Å². The van der Waals surface area contributed by atoms with E-state index in [4.69, 9.17) is 4.74 Å². The molecule has 2 unspecified atom stereocenters. The van der Waals surface area contributed by atoms with Crippen LogP contribution in [0.2, 0.25) is 0 Å². The molecular weight excluding hydrogens is 170 g/mol. The Kier molecular flexibility index (Phi) is 1.87. The SMILES string of the molecule is CC1C(=O)NC(=O)CC12CCOC2. The molecule has 0 bridgehead atoms. The highest BCUT2D eigenvalue weighted by Crippen LogP contribution is 2.41.